The lowest BCUT2D eigenvalue weighted by molar-refractivity contribution is 0.0964. The third-order valence-corrected chi connectivity index (χ3v) is 2.08. The van der Waals surface area contributed by atoms with E-state index < -0.39 is 0 Å². The first-order valence-electron chi connectivity index (χ1n) is 5.40. The van der Waals surface area contributed by atoms with Gasteiger partial charge in [0.1, 0.15) is 5.75 Å². The van der Waals surface area contributed by atoms with Crippen LogP contribution >= 0.6 is 0 Å². The molecular formula is C13H18O2. The predicted octanol–water partition coefficient (Wildman–Crippen LogP) is 3.31. The Bertz CT molecular complexity index is 329. The van der Waals surface area contributed by atoms with Crippen molar-refractivity contribution in [1.29, 1.82) is 0 Å². The smallest absolute Gasteiger partial charge is 0.166 e. The Balaban J connectivity index is 2.87. The van der Waals surface area contributed by atoms with E-state index in [1.54, 1.807) is 0 Å². The summed E-state index contributed by atoms with van der Waals surface area (Å²) in [6, 6.07) is 7.43. The zero-order valence-electron chi connectivity index (χ0n) is 9.62. The molecule has 0 heterocycles. The quantitative estimate of drug-likeness (QED) is 0.691. The van der Waals surface area contributed by atoms with Crippen molar-refractivity contribution in [2.75, 3.05) is 6.61 Å². The SMILES string of the molecule is CCOc1ccccc1C(=O)CC(C)C. The van der Waals surface area contributed by atoms with Crippen LogP contribution in [0.15, 0.2) is 24.3 Å². The van der Waals surface area contributed by atoms with Crippen LogP contribution in [0.1, 0.15) is 37.6 Å². The van der Waals surface area contributed by atoms with Crippen molar-refractivity contribution in [3.05, 3.63) is 29.8 Å². The van der Waals surface area contributed by atoms with E-state index in [1.165, 1.54) is 0 Å². The van der Waals surface area contributed by atoms with Gasteiger partial charge in [0, 0.05) is 6.42 Å². The summed E-state index contributed by atoms with van der Waals surface area (Å²) < 4.78 is 5.42. The summed E-state index contributed by atoms with van der Waals surface area (Å²) in [6.45, 7) is 6.60. The Kier molecular flexibility index (Phi) is 4.35. The Morgan fingerprint density at radius 3 is 2.60 bits per heavy atom. The van der Waals surface area contributed by atoms with Crippen molar-refractivity contribution in [3.63, 3.8) is 0 Å². The van der Waals surface area contributed by atoms with Crippen LogP contribution in [0.25, 0.3) is 0 Å². The number of hydrogen-bond acceptors (Lipinski definition) is 2. The van der Waals surface area contributed by atoms with E-state index in [0.29, 0.717) is 30.3 Å². The van der Waals surface area contributed by atoms with Gasteiger partial charge in [-0.15, -0.1) is 0 Å². The molecule has 0 bridgehead atoms. The first-order valence-corrected chi connectivity index (χ1v) is 5.40. The molecule has 1 aromatic carbocycles. The van der Waals surface area contributed by atoms with Gasteiger partial charge in [-0.25, -0.2) is 0 Å². The first-order chi connectivity index (χ1) is 7.15. The molecule has 2 nitrogen and oxygen atoms in total. The second-order valence-electron chi connectivity index (χ2n) is 3.95. The topological polar surface area (TPSA) is 26.3 Å². The Labute approximate surface area is 91.3 Å². The first kappa shape index (κ1) is 11.8. The fourth-order valence-electron chi connectivity index (χ4n) is 1.46. The van der Waals surface area contributed by atoms with E-state index in [4.69, 9.17) is 4.74 Å². The van der Waals surface area contributed by atoms with Crippen LogP contribution in [0, 0.1) is 5.92 Å². The number of benzene rings is 1. The number of Topliss-reactive ketones (excluding diaryl/α,β-unsaturated/α-hetero) is 1. The molecule has 1 rings (SSSR count). The lowest BCUT2D eigenvalue weighted by Gasteiger charge is -2.09. The molecule has 15 heavy (non-hydrogen) atoms. The number of carbonyl (C=O) groups excluding carboxylic acids is 1. The minimum atomic E-state index is 0.161. The molecule has 0 aliphatic heterocycles. The van der Waals surface area contributed by atoms with Crippen molar-refractivity contribution in [1.82, 2.24) is 0 Å². The van der Waals surface area contributed by atoms with Crippen LogP contribution in [-0.2, 0) is 0 Å². The van der Waals surface area contributed by atoms with Crippen molar-refractivity contribution >= 4 is 5.78 Å². The lowest BCUT2D eigenvalue weighted by Crippen LogP contribution is -2.06. The van der Waals surface area contributed by atoms with Crippen LogP contribution < -0.4 is 4.74 Å². The summed E-state index contributed by atoms with van der Waals surface area (Å²) >= 11 is 0. The van der Waals surface area contributed by atoms with Gasteiger partial charge in [-0.2, -0.15) is 0 Å². The van der Waals surface area contributed by atoms with Crippen molar-refractivity contribution in [2.24, 2.45) is 5.92 Å². The minimum Gasteiger partial charge on any atom is -0.493 e. The Morgan fingerprint density at radius 2 is 2.00 bits per heavy atom. The third kappa shape index (κ3) is 3.39. The van der Waals surface area contributed by atoms with Crippen LogP contribution in [0.3, 0.4) is 0 Å². The zero-order chi connectivity index (χ0) is 11.3. The predicted molar refractivity (Wildman–Crippen MR) is 61.4 cm³/mol. The van der Waals surface area contributed by atoms with Gasteiger partial charge < -0.3 is 4.74 Å². The number of hydrogen-bond donors (Lipinski definition) is 0. The van der Waals surface area contributed by atoms with Gasteiger partial charge in [-0.1, -0.05) is 26.0 Å². The molecule has 0 radical (unpaired) electrons. The molecule has 82 valence electrons. The van der Waals surface area contributed by atoms with Gasteiger partial charge in [-0.05, 0) is 25.0 Å². The molecule has 0 unspecified atom stereocenters. The average molecular weight is 206 g/mol. The highest BCUT2D eigenvalue weighted by molar-refractivity contribution is 5.98. The number of carbonyl (C=O) groups is 1. The average Bonchev–Trinajstić information content (AvgIpc) is 2.18. The van der Waals surface area contributed by atoms with Gasteiger partial charge in [0.25, 0.3) is 0 Å². The van der Waals surface area contributed by atoms with Gasteiger partial charge in [0.2, 0.25) is 0 Å². The van der Waals surface area contributed by atoms with Crippen LogP contribution in [0.2, 0.25) is 0 Å². The molecule has 2 heteroatoms. The lowest BCUT2D eigenvalue weighted by atomic mass is 10.0. The van der Waals surface area contributed by atoms with E-state index in [0.717, 1.165) is 0 Å². The summed E-state index contributed by atoms with van der Waals surface area (Å²) in [5.41, 5.74) is 0.702. The monoisotopic (exact) mass is 206 g/mol. The molecule has 0 spiro atoms. The number of ketones is 1. The molecule has 0 atom stereocenters. The van der Waals surface area contributed by atoms with Crippen LogP contribution in [0.4, 0.5) is 0 Å². The van der Waals surface area contributed by atoms with Crippen LogP contribution in [-0.4, -0.2) is 12.4 Å². The molecule has 0 N–H and O–H groups in total. The summed E-state index contributed by atoms with van der Waals surface area (Å²) in [5, 5.41) is 0. The minimum absolute atomic E-state index is 0.161. The summed E-state index contributed by atoms with van der Waals surface area (Å²) in [7, 11) is 0. The number of para-hydroxylation sites is 1. The maximum Gasteiger partial charge on any atom is 0.166 e. The molecule has 0 amide bonds. The zero-order valence-corrected chi connectivity index (χ0v) is 9.62. The van der Waals surface area contributed by atoms with Crippen molar-refractivity contribution in [2.45, 2.75) is 27.2 Å². The van der Waals surface area contributed by atoms with Gasteiger partial charge in [-0.3, -0.25) is 4.79 Å². The maximum absolute atomic E-state index is 11.9. The normalized spacial score (nSPS) is 10.4. The number of rotatable bonds is 5. The van der Waals surface area contributed by atoms with Gasteiger partial charge in [0.15, 0.2) is 5.78 Å². The van der Waals surface area contributed by atoms with E-state index in [-0.39, 0.29) is 5.78 Å². The maximum atomic E-state index is 11.9. The molecule has 0 saturated heterocycles. The largest absolute Gasteiger partial charge is 0.493 e. The van der Waals surface area contributed by atoms with Crippen LogP contribution in [0.5, 0.6) is 5.75 Å². The molecule has 0 saturated carbocycles. The van der Waals surface area contributed by atoms with E-state index in [1.807, 2.05) is 45.0 Å². The second kappa shape index (κ2) is 5.54. The summed E-state index contributed by atoms with van der Waals surface area (Å²) in [5.74, 6) is 1.24. The molecule has 0 aliphatic carbocycles. The highest BCUT2D eigenvalue weighted by atomic mass is 16.5. The Morgan fingerprint density at radius 1 is 1.33 bits per heavy atom. The van der Waals surface area contributed by atoms with Gasteiger partial charge in [0.05, 0.1) is 12.2 Å². The molecule has 0 aliphatic rings. The second-order valence-corrected chi connectivity index (χ2v) is 3.95. The standard InChI is InChI=1S/C13H18O2/c1-4-15-13-8-6-5-7-11(13)12(14)9-10(2)3/h5-8,10H,4,9H2,1-3H3. The highest BCUT2D eigenvalue weighted by Gasteiger charge is 2.12. The third-order valence-electron chi connectivity index (χ3n) is 2.08. The van der Waals surface area contributed by atoms with Crippen molar-refractivity contribution in [3.8, 4) is 5.75 Å². The summed E-state index contributed by atoms with van der Waals surface area (Å²) in [4.78, 5) is 11.9. The van der Waals surface area contributed by atoms with E-state index in [9.17, 15) is 4.79 Å². The fourth-order valence-corrected chi connectivity index (χ4v) is 1.46. The highest BCUT2D eigenvalue weighted by Crippen LogP contribution is 2.21. The van der Waals surface area contributed by atoms with Crippen molar-refractivity contribution < 1.29 is 9.53 Å². The number of ether oxygens (including phenoxy) is 1. The van der Waals surface area contributed by atoms with Gasteiger partial charge >= 0.3 is 0 Å². The summed E-state index contributed by atoms with van der Waals surface area (Å²) in [6.07, 6.45) is 0.573. The molecular weight excluding hydrogens is 188 g/mol. The van der Waals surface area contributed by atoms with E-state index in [2.05, 4.69) is 0 Å². The van der Waals surface area contributed by atoms with E-state index >= 15 is 0 Å². The Hall–Kier alpha value is -1.31. The fraction of sp³-hybridized carbons (Fsp3) is 0.462. The molecule has 0 fully saturated rings. The molecule has 1 aromatic rings. The molecule has 0 aromatic heterocycles.